The summed E-state index contributed by atoms with van der Waals surface area (Å²) in [6.45, 7) is 6.81. The molecule has 0 aliphatic carbocycles. The number of rotatable bonds is 5. The highest BCUT2D eigenvalue weighted by molar-refractivity contribution is 7.19. The molecular weight excluding hydrogens is 474 g/mol. The number of carbonyl (C=O) groups excluding carboxylic acids is 2. The molecule has 2 aromatic heterocycles. The number of imide groups is 1. The first-order valence-corrected chi connectivity index (χ1v) is 12.5. The van der Waals surface area contributed by atoms with Gasteiger partial charge in [-0.2, -0.15) is 0 Å². The first-order chi connectivity index (χ1) is 16.4. The van der Waals surface area contributed by atoms with Gasteiger partial charge in [-0.1, -0.05) is 18.5 Å². The molecule has 0 radical (unpaired) electrons. The molecule has 2 atom stereocenters. The van der Waals surface area contributed by atoms with E-state index in [-0.39, 0.29) is 30.5 Å². The summed E-state index contributed by atoms with van der Waals surface area (Å²) in [5.74, 6) is -0.405. The minimum Gasteiger partial charge on any atom is -0.375 e. The second-order valence-electron chi connectivity index (χ2n) is 8.81. The van der Waals surface area contributed by atoms with Crippen LogP contribution in [0.2, 0.25) is 5.02 Å². The Balaban J connectivity index is 1.53. The van der Waals surface area contributed by atoms with E-state index in [1.807, 2.05) is 25.1 Å². The summed E-state index contributed by atoms with van der Waals surface area (Å²) >= 11 is 7.97. The van der Waals surface area contributed by atoms with E-state index in [1.54, 1.807) is 6.33 Å². The molecule has 5 rings (SSSR count). The number of halogens is 1. The number of hydrogen-bond acceptors (Lipinski definition) is 7. The van der Waals surface area contributed by atoms with Crippen molar-refractivity contribution in [1.29, 1.82) is 0 Å². The van der Waals surface area contributed by atoms with E-state index in [9.17, 15) is 9.59 Å². The molecule has 178 valence electrons. The third-order valence-corrected chi connectivity index (χ3v) is 7.63. The van der Waals surface area contributed by atoms with Crippen molar-refractivity contribution in [3.63, 3.8) is 0 Å². The molecular formula is C24H26ClN5O3S. The molecule has 34 heavy (non-hydrogen) atoms. The molecule has 10 heteroatoms. The molecule has 2 fully saturated rings. The van der Waals surface area contributed by atoms with Crippen molar-refractivity contribution in [2.75, 3.05) is 26.2 Å². The van der Waals surface area contributed by atoms with Gasteiger partial charge in [0.05, 0.1) is 41.1 Å². The second kappa shape index (κ2) is 9.58. The van der Waals surface area contributed by atoms with Crippen LogP contribution < -0.4 is 10.6 Å². The number of ether oxygens (including phenoxy) is 1. The van der Waals surface area contributed by atoms with E-state index in [4.69, 9.17) is 16.3 Å². The standard InChI is InChI=1S/C24H26ClN5O3S/c1-13-5-15(25)6-19(18(13)7-16-10-26-3-4-33-16)21-22-20(28-12-29-21)8-17(34-22)11-30-23(31)14(2)9-27-24(30)32/h5-6,8,12,14,16,26H,3-4,7,9-11H2,1-2H3,(H,27,32)/t14?,16-/m1/s1. The fourth-order valence-electron chi connectivity index (χ4n) is 4.50. The monoisotopic (exact) mass is 499 g/mol. The van der Waals surface area contributed by atoms with Crippen LogP contribution in [0.15, 0.2) is 24.5 Å². The first-order valence-electron chi connectivity index (χ1n) is 11.3. The largest absolute Gasteiger partial charge is 0.375 e. The number of morpholine rings is 1. The number of nitrogens with one attached hydrogen (secondary N) is 2. The van der Waals surface area contributed by atoms with Crippen LogP contribution in [0.5, 0.6) is 0 Å². The average molecular weight is 500 g/mol. The predicted molar refractivity (Wildman–Crippen MR) is 132 cm³/mol. The minimum absolute atomic E-state index is 0.0780. The quantitative estimate of drug-likeness (QED) is 0.557. The minimum atomic E-state index is -0.360. The van der Waals surface area contributed by atoms with E-state index in [2.05, 4.69) is 27.5 Å². The Bertz CT molecular complexity index is 1260. The lowest BCUT2D eigenvalue weighted by molar-refractivity contribution is -0.133. The number of urea groups is 1. The van der Waals surface area contributed by atoms with Crippen molar-refractivity contribution in [1.82, 2.24) is 25.5 Å². The fourth-order valence-corrected chi connectivity index (χ4v) is 5.88. The lowest BCUT2D eigenvalue weighted by Crippen LogP contribution is -2.53. The van der Waals surface area contributed by atoms with E-state index in [0.717, 1.165) is 57.0 Å². The van der Waals surface area contributed by atoms with Gasteiger partial charge in [-0.05, 0) is 36.2 Å². The molecule has 1 unspecified atom stereocenters. The van der Waals surface area contributed by atoms with Gasteiger partial charge in [0.15, 0.2) is 0 Å². The van der Waals surface area contributed by atoms with Gasteiger partial charge in [-0.15, -0.1) is 11.3 Å². The smallest absolute Gasteiger partial charge is 0.324 e. The van der Waals surface area contributed by atoms with E-state index in [0.29, 0.717) is 18.2 Å². The molecule has 2 saturated heterocycles. The molecule has 0 saturated carbocycles. The summed E-state index contributed by atoms with van der Waals surface area (Å²) in [5.41, 5.74) is 4.77. The van der Waals surface area contributed by atoms with Crippen molar-refractivity contribution >= 4 is 45.1 Å². The van der Waals surface area contributed by atoms with Crippen LogP contribution in [0.4, 0.5) is 4.79 Å². The Labute approximate surface area is 206 Å². The topological polar surface area (TPSA) is 96.5 Å². The Kier molecular flexibility index (Phi) is 6.52. The molecule has 3 aromatic rings. The van der Waals surface area contributed by atoms with E-state index in [1.165, 1.54) is 16.2 Å². The molecule has 8 nitrogen and oxygen atoms in total. The highest BCUT2D eigenvalue weighted by Gasteiger charge is 2.32. The second-order valence-corrected chi connectivity index (χ2v) is 10.4. The van der Waals surface area contributed by atoms with Crippen molar-refractivity contribution in [3.05, 3.63) is 45.6 Å². The van der Waals surface area contributed by atoms with E-state index >= 15 is 0 Å². The molecule has 1 aromatic carbocycles. The van der Waals surface area contributed by atoms with Crippen LogP contribution >= 0.6 is 22.9 Å². The van der Waals surface area contributed by atoms with Gasteiger partial charge in [-0.25, -0.2) is 14.8 Å². The average Bonchev–Trinajstić information content (AvgIpc) is 3.24. The molecule has 2 aliphatic heterocycles. The number of fused-ring (bicyclic) bond motifs is 1. The number of aromatic nitrogens is 2. The SMILES string of the molecule is Cc1cc(Cl)cc(-c2ncnc3cc(CN4C(=O)NCC(C)C4=O)sc23)c1C[C@@H]1CNCCO1. The Morgan fingerprint density at radius 3 is 2.88 bits per heavy atom. The summed E-state index contributed by atoms with van der Waals surface area (Å²) in [7, 11) is 0. The number of hydrogen-bond donors (Lipinski definition) is 2. The van der Waals surface area contributed by atoms with Gasteiger partial charge in [0.2, 0.25) is 5.91 Å². The fraction of sp³-hybridized carbons (Fsp3) is 0.417. The van der Waals surface area contributed by atoms with Crippen LogP contribution in [-0.2, 0) is 22.5 Å². The molecule has 2 N–H and O–H groups in total. The zero-order valence-electron chi connectivity index (χ0n) is 19.1. The van der Waals surface area contributed by atoms with Gasteiger partial charge in [0.1, 0.15) is 6.33 Å². The maximum Gasteiger partial charge on any atom is 0.324 e. The van der Waals surface area contributed by atoms with Crippen molar-refractivity contribution in [3.8, 4) is 11.3 Å². The van der Waals surface area contributed by atoms with Gasteiger partial charge < -0.3 is 15.4 Å². The van der Waals surface area contributed by atoms with Gasteiger partial charge in [0.25, 0.3) is 0 Å². The number of benzene rings is 1. The molecule has 0 bridgehead atoms. The maximum atomic E-state index is 12.6. The Morgan fingerprint density at radius 1 is 1.24 bits per heavy atom. The van der Waals surface area contributed by atoms with Gasteiger partial charge >= 0.3 is 6.03 Å². The number of aryl methyl sites for hydroxylation is 1. The third kappa shape index (κ3) is 4.53. The summed E-state index contributed by atoms with van der Waals surface area (Å²) in [6, 6.07) is 5.48. The zero-order chi connectivity index (χ0) is 23.8. The summed E-state index contributed by atoms with van der Waals surface area (Å²) in [5, 5.41) is 6.81. The lowest BCUT2D eigenvalue weighted by atomic mass is 9.94. The third-order valence-electron chi connectivity index (χ3n) is 6.30. The molecule has 2 aliphatic rings. The highest BCUT2D eigenvalue weighted by atomic mass is 35.5. The van der Waals surface area contributed by atoms with Crippen LogP contribution in [0.1, 0.15) is 22.9 Å². The number of carbonyl (C=O) groups is 2. The number of nitrogens with zero attached hydrogens (tertiary/aromatic N) is 3. The zero-order valence-corrected chi connectivity index (χ0v) is 20.6. The molecule has 4 heterocycles. The molecule has 0 spiro atoms. The van der Waals surface area contributed by atoms with Crippen molar-refractivity contribution < 1.29 is 14.3 Å². The number of thiophene rings is 1. The van der Waals surface area contributed by atoms with Crippen LogP contribution in [0.3, 0.4) is 0 Å². The molecule has 3 amide bonds. The van der Waals surface area contributed by atoms with Crippen LogP contribution in [-0.4, -0.2) is 59.2 Å². The summed E-state index contributed by atoms with van der Waals surface area (Å²) in [4.78, 5) is 36.1. The Morgan fingerprint density at radius 2 is 2.09 bits per heavy atom. The number of amides is 3. The predicted octanol–water partition coefficient (Wildman–Crippen LogP) is 3.54. The van der Waals surface area contributed by atoms with Crippen molar-refractivity contribution in [2.24, 2.45) is 5.92 Å². The normalized spacial score (nSPS) is 21.2. The van der Waals surface area contributed by atoms with Crippen molar-refractivity contribution in [2.45, 2.75) is 32.9 Å². The van der Waals surface area contributed by atoms with Crippen LogP contribution in [0.25, 0.3) is 21.5 Å². The van der Waals surface area contributed by atoms with Gasteiger partial charge in [0, 0.05) is 41.5 Å². The van der Waals surface area contributed by atoms with E-state index < -0.39 is 0 Å². The Hall–Kier alpha value is -2.59. The highest BCUT2D eigenvalue weighted by Crippen LogP contribution is 2.37. The first kappa shape index (κ1) is 23.2. The summed E-state index contributed by atoms with van der Waals surface area (Å²) in [6.07, 6.45) is 2.37. The lowest BCUT2D eigenvalue weighted by Gasteiger charge is -2.29. The van der Waals surface area contributed by atoms with Crippen LogP contribution in [0, 0.1) is 12.8 Å². The summed E-state index contributed by atoms with van der Waals surface area (Å²) < 4.78 is 6.87. The maximum absolute atomic E-state index is 12.6. The van der Waals surface area contributed by atoms with Gasteiger partial charge in [-0.3, -0.25) is 9.69 Å².